The second-order valence-corrected chi connectivity index (χ2v) is 6.84. The summed E-state index contributed by atoms with van der Waals surface area (Å²) in [5.41, 5.74) is 0.778. The van der Waals surface area contributed by atoms with Gasteiger partial charge in [0, 0.05) is 10.1 Å². The Morgan fingerprint density at radius 1 is 1.37 bits per heavy atom. The highest BCUT2D eigenvalue weighted by atomic mass is 127. The van der Waals surface area contributed by atoms with E-state index in [2.05, 4.69) is 12.2 Å². The Morgan fingerprint density at radius 2 is 2.05 bits per heavy atom. The van der Waals surface area contributed by atoms with Crippen LogP contribution in [0.4, 0.5) is 4.39 Å². The van der Waals surface area contributed by atoms with Gasteiger partial charge < -0.3 is 5.32 Å². The van der Waals surface area contributed by atoms with Crippen LogP contribution in [0.1, 0.15) is 49.4 Å². The van der Waals surface area contributed by atoms with Gasteiger partial charge in [0.2, 0.25) is 0 Å². The molecule has 1 N–H and O–H groups in total. The van der Waals surface area contributed by atoms with Crippen molar-refractivity contribution in [3.05, 3.63) is 33.1 Å². The number of halogens is 2. The number of amides is 1. The molecule has 0 heterocycles. The summed E-state index contributed by atoms with van der Waals surface area (Å²) in [7, 11) is 0. The van der Waals surface area contributed by atoms with Gasteiger partial charge in [-0.1, -0.05) is 26.2 Å². The molecule has 2 nitrogen and oxygen atoms in total. The molecule has 104 valence electrons. The summed E-state index contributed by atoms with van der Waals surface area (Å²) in [6, 6.07) is 4.27. The maximum Gasteiger partial charge on any atom is 0.252 e. The van der Waals surface area contributed by atoms with Gasteiger partial charge in [-0.2, -0.15) is 0 Å². The zero-order valence-corrected chi connectivity index (χ0v) is 13.3. The van der Waals surface area contributed by atoms with Gasteiger partial charge in [0.25, 0.3) is 5.91 Å². The molecule has 1 fully saturated rings. The summed E-state index contributed by atoms with van der Waals surface area (Å²) in [5.74, 6) is -0.406. The maximum absolute atomic E-state index is 13.0. The molecule has 0 aromatic heterocycles. The van der Waals surface area contributed by atoms with Gasteiger partial charge in [0.05, 0.1) is 5.56 Å². The minimum atomic E-state index is -0.305. The lowest BCUT2D eigenvalue weighted by atomic mass is 9.76. The lowest BCUT2D eigenvalue weighted by Crippen LogP contribution is -2.37. The SMILES string of the molecule is CC1(CNC(=O)c2ccc(F)cc2I)CCCCC1. The van der Waals surface area contributed by atoms with Crippen LogP contribution >= 0.6 is 22.6 Å². The smallest absolute Gasteiger partial charge is 0.252 e. The van der Waals surface area contributed by atoms with Crippen molar-refractivity contribution in [2.75, 3.05) is 6.54 Å². The van der Waals surface area contributed by atoms with E-state index in [0.717, 1.165) is 0 Å². The predicted octanol–water partition coefficient (Wildman–Crippen LogP) is 4.13. The van der Waals surface area contributed by atoms with E-state index in [9.17, 15) is 9.18 Å². The standard InChI is InChI=1S/C15H19FINO/c1-15(7-3-2-4-8-15)10-18-14(19)12-6-5-11(16)9-13(12)17/h5-6,9H,2-4,7-8,10H2,1H3,(H,18,19). The Bertz CT molecular complexity index is 469. The molecule has 1 aromatic carbocycles. The molecule has 0 atom stereocenters. The third-order valence-corrected chi connectivity index (χ3v) is 4.80. The van der Waals surface area contributed by atoms with E-state index in [1.165, 1.54) is 44.2 Å². The first-order chi connectivity index (χ1) is 9.00. The third-order valence-electron chi connectivity index (χ3n) is 3.91. The topological polar surface area (TPSA) is 29.1 Å². The highest BCUT2D eigenvalue weighted by Crippen LogP contribution is 2.35. The van der Waals surface area contributed by atoms with E-state index >= 15 is 0 Å². The molecule has 4 heteroatoms. The first kappa shape index (κ1) is 14.8. The van der Waals surface area contributed by atoms with Crippen LogP contribution in [0.25, 0.3) is 0 Å². The van der Waals surface area contributed by atoms with Crippen LogP contribution in [0.2, 0.25) is 0 Å². The molecule has 1 aliphatic carbocycles. The molecule has 0 unspecified atom stereocenters. The van der Waals surface area contributed by atoms with Gasteiger partial charge in [-0.15, -0.1) is 0 Å². The first-order valence-corrected chi connectivity index (χ1v) is 7.81. The first-order valence-electron chi connectivity index (χ1n) is 6.73. The molecule has 0 saturated heterocycles. The molecule has 0 bridgehead atoms. The van der Waals surface area contributed by atoms with Crippen molar-refractivity contribution in [3.63, 3.8) is 0 Å². The highest BCUT2D eigenvalue weighted by molar-refractivity contribution is 14.1. The molecular weight excluding hydrogens is 356 g/mol. The summed E-state index contributed by atoms with van der Waals surface area (Å²) in [6.07, 6.45) is 6.15. The summed E-state index contributed by atoms with van der Waals surface area (Å²) < 4.78 is 13.7. The summed E-state index contributed by atoms with van der Waals surface area (Å²) in [6.45, 7) is 2.95. The molecule has 1 aliphatic rings. The Hall–Kier alpha value is -0.650. The minimum Gasteiger partial charge on any atom is -0.351 e. The summed E-state index contributed by atoms with van der Waals surface area (Å²) in [5, 5.41) is 3.00. The van der Waals surface area contributed by atoms with Crippen LogP contribution in [0, 0.1) is 14.8 Å². The van der Waals surface area contributed by atoms with E-state index in [1.54, 1.807) is 6.07 Å². The van der Waals surface area contributed by atoms with Crippen molar-refractivity contribution in [2.45, 2.75) is 39.0 Å². The number of carbonyl (C=O) groups excluding carboxylic acids is 1. The van der Waals surface area contributed by atoms with Crippen LogP contribution in [-0.4, -0.2) is 12.5 Å². The van der Waals surface area contributed by atoms with Gasteiger partial charge in [-0.05, 0) is 59.0 Å². The molecule has 0 radical (unpaired) electrons. The monoisotopic (exact) mass is 375 g/mol. The largest absolute Gasteiger partial charge is 0.351 e. The van der Waals surface area contributed by atoms with Crippen molar-refractivity contribution in [1.29, 1.82) is 0 Å². The van der Waals surface area contributed by atoms with Crippen LogP contribution in [0.15, 0.2) is 18.2 Å². The summed E-state index contributed by atoms with van der Waals surface area (Å²) >= 11 is 2.00. The molecule has 2 rings (SSSR count). The molecule has 1 saturated carbocycles. The van der Waals surface area contributed by atoms with Crippen LogP contribution in [0.5, 0.6) is 0 Å². The van der Waals surface area contributed by atoms with Crippen molar-refractivity contribution in [2.24, 2.45) is 5.41 Å². The molecule has 0 aliphatic heterocycles. The zero-order valence-electron chi connectivity index (χ0n) is 11.1. The fourth-order valence-corrected chi connectivity index (χ4v) is 3.37. The van der Waals surface area contributed by atoms with Crippen molar-refractivity contribution in [1.82, 2.24) is 5.32 Å². The van der Waals surface area contributed by atoms with Gasteiger partial charge >= 0.3 is 0 Å². The van der Waals surface area contributed by atoms with Crippen molar-refractivity contribution >= 4 is 28.5 Å². The molecule has 1 aromatic rings. The van der Waals surface area contributed by atoms with Gasteiger partial charge in [-0.25, -0.2) is 4.39 Å². The van der Waals surface area contributed by atoms with E-state index < -0.39 is 0 Å². The fraction of sp³-hybridized carbons (Fsp3) is 0.533. The van der Waals surface area contributed by atoms with E-state index in [4.69, 9.17) is 0 Å². The fourth-order valence-electron chi connectivity index (χ4n) is 2.64. The average Bonchev–Trinajstić information content (AvgIpc) is 2.37. The lowest BCUT2D eigenvalue weighted by molar-refractivity contribution is 0.0918. The number of hydrogen-bond donors (Lipinski definition) is 1. The van der Waals surface area contributed by atoms with Gasteiger partial charge in [-0.3, -0.25) is 4.79 Å². The Labute approximate surface area is 127 Å². The highest BCUT2D eigenvalue weighted by Gasteiger charge is 2.27. The normalized spacial score (nSPS) is 18.1. The molecular formula is C15H19FINO. The maximum atomic E-state index is 13.0. The number of hydrogen-bond acceptors (Lipinski definition) is 1. The van der Waals surface area contributed by atoms with Crippen molar-refractivity contribution < 1.29 is 9.18 Å². The minimum absolute atomic E-state index is 0.101. The zero-order chi connectivity index (χ0) is 13.9. The van der Waals surface area contributed by atoms with E-state index in [1.807, 2.05) is 22.6 Å². The van der Waals surface area contributed by atoms with E-state index in [0.29, 0.717) is 15.7 Å². The van der Waals surface area contributed by atoms with Crippen LogP contribution < -0.4 is 5.32 Å². The Morgan fingerprint density at radius 3 is 2.68 bits per heavy atom. The lowest BCUT2D eigenvalue weighted by Gasteiger charge is -2.33. The predicted molar refractivity (Wildman–Crippen MR) is 82.6 cm³/mol. The van der Waals surface area contributed by atoms with E-state index in [-0.39, 0.29) is 17.1 Å². The third kappa shape index (κ3) is 3.91. The molecule has 0 spiro atoms. The van der Waals surface area contributed by atoms with Gasteiger partial charge in [0.1, 0.15) is 5.82 Å². The number of nitrogens with one attached hydrogen (secondary N) is 1. The second-order valence-electron chi connectivity index (χ2n) is 5.68. The average molecular weight is 375 g/mol. The summed E-state index contributed by atoms with van der Waals surface area (Å²) in [4.78, 5) is 12.1. The van der Waals surface area contributed by atoms with Gasteiger partial charge in [0.15, 0.2) is 0 Å². The molecule has 19 heavy (non-hydrogen) atoms. The quantitative estimate of drug-likeness (QED) is 0.791. The number of rotatable bonds is 3. The second kappa shape index (κ2) is 6.20. The Kier molecular flexibility index (Phi) is 4.81. The molecule has 1 amide bonds. The van der Waals surface area contributed by atoms with Crippen LogP contribution in [0.3, 0.4) is 0 Å². The Balaban J connectivity index is 1.97. The van der Waals surface area contributed by atoms with Crippen LogP contribution in [-0.2, 0) is 0 Å². The number of carbonyl (C=O) groups is 1. The number of benzene rings is 1. The van der Waals surface area contributed by atoms with Crippen molar-refractivity contribution in [3.8, 4) is 0 Å².